The summed E-state index contributed by atoms with van der Waals surface area (Å²) < 4.78 is 5.47. The molecule has 1 unspecified atom stereocenters. The molecule has 0 saturated heterocycles. The van der Waals surface area contributed by atoms with Gasteiger partial charge in [0, 0.05) is 0 Å². The van der Waals surface area contributed by atoms with E-state index < -0.39 is 0 Å². The van der Waals surface area contributed by atoms with Crippen LogP contribution >= 0.6 is 0 Å². The van der Waals surface area contributed by atoms with Crippen molar-refractivity contribution in [1.29, 1.82) is 0 Å². The molecule has 0 aliphatic heterocycles. The molecule has 0 aliphatic rings. The standard InChI is InChI=1S/C19H25NO/c1-6-20-19(17-10-13(2)9-14(3)11-17)16-8-7-15(4)18(12-16)21-5/h7-12,19-20H,6H2,1-5H3. The normalized spacial score (nSPS) is 12.2. The molecule has 0 amide bonds. The van der Waals surface area contributed by atoms with E-state index in [1.165, 1.54) is 22.3 Å². The van der Waals surface area contributed by atoms with Crippen molar-refractivity contribution in [2.45, 2.75) is 33.7 Å². The van der Waals surface area contributed by atoms with Crippen molar-refractivity contribution in [2.75, 3.05) is 13.7 Å². The highest BCUT2D eigenvalue weighted by molar-refractivity contribution is 5.42. The van der Waals surface area contributed by atoms with E-state index in [0.717, 1.165) is 17.9 Å². The predicted molar refractivity (Wildman–Crippen MR) is 89.2 cm³/mol. The van der Waals surface area contributed by atoms with E-state index in [1.807, 2.05) is 0 Å². The fourth-order valence-electron chi connectivity index (χ4n) is 2.82. The van der Waals surface area contributed by atoms with Crippen LogP contribution in [0.4, 0.5) is 0 Å². The van der Waals surface area contributed by atoms with Crippen LogP contribution in [0.3, 0.4) is 0 Å². The first-order valence-electron chi connectivity index (χ1n) is 7.51. The van der Waals surface area contributed by atoms with E-state index in [0.29, 0.717) is 0 Å². The average molecular weight is 283 g/mol. The van der Waals surface area contributed by atoms with Crippen molar-refractivity contribution in [3.63, 3.8) is 0 Å². The number of hydrogen-bond acceptors (Lipinski definition) is 2. The molecule has 0 bridgehead atoms. The lowest BCUT2D eigenvalue weighted by atomic mass is 9.94. The first-order chi connectivity index (χ1) is 10.0. The van der Waals surface area contributed by atoms with Gasteiger partial charge in [-0.05, 0) is 50.1 Å². The zero-order chi connectivity index (χ0) is 15.4. The number of nitrogens with one attached hydrogen (secondary N) is 1. The van der Waals surface area contributed by atoms with Crippen LogP contribution in [0.25, 0.3) is 0 Å². The number of rotatable bonds is 5. The summed E-state index contributed by atoms with van der Waals surface area (Å²) in [5.41, 5.74) is 6.31. The third-order valence-corrected chi connectivity index (χ3v) is 3.75. The molecule has 112 valence electrons. The van der Waals surface area contributed by atoms with Gasteiger partial charge in [-0.2, -0.15) is 0 Å². The zero-order valence-corrected chi connectivity index (χ0v) is 13.7. The quantitative estimate of drug-likeness (QED) is 0.882. The van der Waals surface area contributed by atoms with Crippen molar-refractivity contribution < 1.29 is 4.74 Å². The van der Waals surface area contributed by atoms with Gasteiger partial charge >= 0.3 is 0 Å². The maximum Gasteiger partial charge on any atom is 0.122 e. The molecule has 2 aromatic carbocycles. The molecule has 0 aliphatic carbocycles. The lowest BCUT2D eigenvalue weighted by Crippen LogP contribution is -2.22. The monoisotopic (exact) mass is 283 g/mol. The van der Waals surface area contributed by atoms with Crippen LogP contribution in [0.1, 0.15) is 40.8 Å². The van der Waals surface area contributed by atoms with Crippen molar-refractivity contribution in [1.82, 2.24) is 5.32 Å². The van der Waals surface area contributed by atoms with Gasteiger partial charge < -0.3 is 10.1 Å². The van der Waals surface area contributed by atoms with Crippen LogP contribution in [0.15, 0.2) is 36.4 Å². The Bertz CT molecular complexity index is 599. The molecule has 1 N–H and O–H groups in total. The topological polar surface area (TPSA) is 21.3 Å². The summed E-state index contributed by atoms with van der Waals surface area (Å²) in [6, 6.07) is 13.4. The van der Waals surface area contributed by atoms with Crippen LogP contribution in [0, 0.1) is 20.8 Å². The molecule has 2 aromatic rings. The van der Waals surface area contributed by atoms with Gasteiger partial charge in [0.05, 0.1) is 13.2 Å². The largest absolute Gasteiger partial charge is 0.496 e. The number of hydrogen-bond donors (Lipinski definition) is 1. The third kappa shape index (κ3) is 3.64. The highest BCUT2D eigenvalue weighted by atomic mass is 16.5. The van der Waals surface area contributed by atoms with Gasteiger partial charge in [-0.1, -0.05) is 48.4 Å². The molecule has 0 heterocycles. The molecule has 2 nitrogen and oxygen atoms in total. The number of ether oxygens (including phenoxy) is 1. The molecule has 0 spiro atoms. The first kappa shape index (κ1) is 15.6. The molecule has 0 saturated carbocycles. The van der Waals surface area contributed by atoms with Gasteiger partial charge in [-0.25, -0.2) is 0 Å². The van der Waals surface area contributed by atoms with Gasteiger partial charge in [0.25, 0.3) is 0 Å². The van der Waals surface area contributed by atoms with Crippen LogP contribution in [0.2, 0.25) is 0 Å². The minimum atomic E-state index is 0.197. The van der Waals surface area contributed by atoms with Crippen LogP contribution in [0.5, 0.6) is 5.75 Å². The molecule has 0 aromatic heterocycles. The molecule has 0 fully saturated rings. The average Bonchev–Trinajstić information content (AvgIpc) is 2.44. The lowest BCUT2D eigenvalue weighted by molar-refractivity contribution is 0.410. The molecular weight excluding hydrogens is 258 g/mol. The van der Waals surface area contributed by atoms with Crippen LogP contribution < -0.4 is 10.1 Å². The van der Waals surface area contributed by atoms with E-state index >= 15 is 0 Å². The Kier molecular flexibility index (Phi) is 5.03. The summed E-state index contributed by atoms with van der Waals surface area (Å²) >= 11 is 0. The van der Waals surface area contributed by atoms with E-state index in [-0.39, 0.29) is 6.04 Å². The Balaban J connectivity index is 2.47. The summed E-state index contributed by atoms with van der Waals surface area (Å²) in [4.78, 5) is 0. The maximum absolute atomic E-state index is 5.47. The fraction of sp³-hybridized carbons (Fsp3) is 0.368. The van der Waals surface area contributed by atoms with Gasteiger partial charge in [-0.15, -0.1) is 0 Å². The smallest absolute Gasteiger partial charge is 0.122 e. The summed E-state index contributed by atoms with van der Waals surface area (Å²) in [6.07, 6.45) is 0. The van der Waals surface area contributed by atoms with Gasteiger partial charge in [-0.3, -0.25) is 0 Å². The summed E-state index contributed by atoms with van der Waals surface area (Å²) in [5.74, 6) is 0.944. The first-order valence-corrected chi connectivity index (χ1v) is 7.51. The van der Waals surface area contributed by atoms with E-state index in [4.69, 9.17) is 4.74 Å². The number of aryl methyl sites for hydroxylation is 3. The second-order valence-electron chi connectivity index (χ2n) is 5.64. The molecular formula is C19H25NO. The number of benzene rings is 2. The molecule has 21 heavy (non-hydrogen) atoms. The number of methoxy groups -OCH3 is 1. The summed E-state index contributed by atoms with van der Waals surface area (Å²) in [5, 5.41) is 3.58. The van der Waals surface area contributed by atoms with E-state index in [9.17, 15) is 0 Å². The fourth-order valence-corrected chi connectivity index (χ4v) is 2.82. The van der Waals surface area contributed by atoms with Crippen molar-refractivity contribution in [3.05, 3.63) is 64.2 Å². The van der Waals surface area contributed by atoms with E-state index in [1.54, 1.807) is 7.11 Å². The highest BCUT2D eigenvalue weighted by Crippen LogP contribution is 2.28. The highest BCUT2D eigenvalue weighted by Gasteiger charge is 2.15. The molecule has 0 radical (unpaired) electrons. The van der Waals surface area contributed by atoms with Crippen LogP contribution in [-0.4, -0.2) is 13.7 Å². The van der Waals surface area contributed by atoms with Crippen molar-refractivity contribution in [3.8, 4) is 5.75 Å². The van der Waals surface area contributed by atoms with E-state index in [2.05, 4.69) is 69.4 Å². The molecule has 2 heteroatoms. The Morgan fingerprint density at radius 1 is 0.952 bits per heavy atom. The third-order valence-electron chi connectivity index (χ3n) is 3.75. The Hall–Kier alpha value is -1.80. The minimum absolute atomic E-state index is 0.197. The summed E-state index contributed by atoms with van der Waals surface area (Å²) in [6.45, 7) is 9.43. The van der Waals surface area contributed by atoms with Gasteiger partial charge in [0.1, 0.15) is 5.75 Å². The minimum Gasteiger partial charge on any atom is -0.496 e. The second-order valence-corrected chi connectivity index (χ2v) is 5.64. The van der Waals surface area contributed by atoms with Gasteiger partial charge in [0.2, 0.25) is 0 Å². The summed E-state index contributed by atoms with van der Waals surface area (Å²) in [7, 11) is 1.73. The van der Waals surface area contributed by atoms with Crippen LogP contribution in [-0.2, 0) is 0 Å². The lowest BCUT2D eigenvalue weighted by Gasteiger charge is -2.21. The van der Waals surface area contributed by atoms with Gasteiger partial charge in [0.15, 0.2) is 0 Å². The zero-order valence-electron chi connectivity index (χ0n) is 13.7. The van der Waals surface area contributed by atoms with Crippen molar-refractivity contribution in [2.24, 2.45) is 0 Å². The molecule has 2 rings (SSSR count). The predicted octanol–water partition coefficient (Wildman–Crippen LogP) is 4.32. The maximum atomic E-state index is 5.47. The Labute approximate surface area is 128 Å². The molecule has 1 atom stereocenters. The SMILES string of the molecule is CCNC(c1cc(C)cc(C)c1)c1ccc(C)c(OC)c1. The Morgan fingerprint density at radius 3 is 2.19 bits per heavy atom. The van der Waals surface area contributed by atoms with Crippen molar-refractivity contribution >= 4 is 0 Å². The Morgan fingerprint density at radius 2 is 1.62 bits per heavy atom. The second kappa shape index (κ2) is 6.77.